The Hall–Kier alpha value is -1.84. The van der Waals surface area contributed by atoms with Crippen molar-refractivity contribution in [1.29, 1.82) is 0 Å². The van der Waals surface area contributed by atoms with E-state index in [1.54, 1.807) is 18.2 Å². The second-order valence-electron chi connectivity index (χ2n) is 2.28. The number of rotatable bonds is 3. The number of allylic oxidation sites excluding steroid dienone is 5. The molecule has 1 heterocycles. The van der Waals surface area contributed by atoms with E-state index in [2.05, 4.69) is 21.2 Å². The molecule has 0 saturated heterocycles. The first kappa shape index (κ1) is 9.25. The minimum absolute atomic E-state index is 0.422. The number of hydrogen-bond acceptors (Lipinski definition) is 3. The molecular weight excluding hydrogens is 168 g/mol. The van der Waals surface area contributed by atoms with Gasteiger partial charge in [-0.25, -0.2) is 4.79 Å². The lowest BCUT2D eigenvalue weighted by atomic mass is 10.2. The van der Waals surface area contributed by atoms with Crippen LogP contribution in [0, 0.1) is 0 Å². The maximum Gasteiger partial charge on any atom is 0.439 e. The van der Waals surface area contributed by atoms with Crippen LogP contribution in [0.2, 0.25) is 0 Å². The summed E-state index contributed by atoms with van der Waals surface area (Å²) in [6.45, 7) is 5.38. The van der Waals surface area contributed by atoms with E-state index in [0.29, 0.717) is 5.82 Å². The Morgan fingerprint density at radius 2 is 2.46 bits per heavy atom. The van der Waals surface area contributed by atoms with Crippen LogP contribution in [0.5, 0.6) is 0 Å². The lowest BCUT2D eigenvalue weighted by Crippen LogP contribution is -1.95. The van der Waals surface area contributed by atoms with Crippen LogP contribution >= 0.6 is 0 Å². The molecule has 0 spiro atoms. The van der Waals surface area contributed by atoms with Crippen molar-refractivity contribution < 1.29 is 4.52 Å². The van der Waals surface area contributed by atoms with E-state index in [0.717, 1.165) is 5.57 Å². The molecular formula is C9H10N2O2. The van der Waals surface area contributed by atoms with Gasteiger partial charge in [-0.3, -0.25) is 9.51 Å². The van der Waals surface area contributed by atoms with Crippen LogP contribution in [0.25, 0.3) is 5.57 Å². The molecule has 13 heavy (non-hydrogen) atoms. The van der Waals surface area contributed by atoms with E-state index in [1.165, 1.54) is 0 Å². The lowest BCUT2D eigenvalue weighted by Gasteiger charge is -1.90. The zero-order chi connectivity index (χ0) is 9.68. The Morgan fingerprint density at radius 1 is 1.69 bits per heavy atom. The van der Waals surface area contributed by atoms with Gasteiger partial charge in [-0.15, -0.1) is 0 Å². The van der Waals surface area contributed by atoms with Crippen LogP contribution in [0.15, 0.2) is 40.2 Å². The summed E-state index contributed by atoms with van der Waals surface area (Å²) in [4.78, 5) is 13.1. The fourth-order valence-corrected chi connectivity index (χ4v) is 0.838. The zero-order valence-electron chi connectivity index (χ0n) is 7.28. The first-order valence-corrected chi connectivity index (χ1v) is 3.79. The molecule has 0 unspecified atom stereocenters. The van der Waals surface area contributed by atoms with Gasteiger partial charge in [0.2, 0.25) is 0 Å². The summed E-state index contributed by atoms with van der Waals surface area (Å²) in [5, 5.41) is 3.54. The van der Waals surface area contributed by atoms with Gasteiger partial charge in [-0.05, 0) is 6.92 Å². The van der Waals surface area contributed by atoms with E-state index in [9.17, 15) is 4.79 Å². The van der Waals surface area contributed by atoms with E-state index in [-0.39, 0.29) is 0 Å². The van der Waals surface area contributed by atoms with Crippen molar-refractivity contribution in [3.8, 4) is 0 Å². The highest BCUT2D eigenvalue weighted by Crippen LogP contribution is 2.08. The number of hydrogen-bond donors (Lipinski definition) is 1. The van der Waals surface area contributed by atoms with Gasteiger partial charge in [-0.2, -0.15) is 0 Å². The van der Waals surface area contributed by atoms with Gasteiger partial charge in [0, 0.05) is 5.57 Å². The number of nitrogens with zero attached hydrogens (tertiary/aromatic N) is 1. The van der Waals surface area contributed by atoms with E-state index >= 15 is 0 Å². The van der Waals surface area contributed by atoms with E-state index in [1.807, 2.05) is 13.0 Å². The van der Waals surface area contributed by atoms with Gasteiger partial charge in [-0.1, -0.05) is 36.0 Å². The molecule has 4 heteroatoms. The SMILES string of the molecule is C=C/C=C\C(=C/C)c1noc(=O)[nH]1. The quantitative estimate of drug-likeness (QED) is 0.713. The monoisotopic (exact) mass is 178 g/mol. The minimum atomic E-state index is -0.554. The van der Waals surface area contributed by atoms with Gasteiger partial charge in [0.25, 0.3) is 0 Å². The van der Waals surface area contributed by atoms with Crippen LogP contribution in [-0.4, -0.2) is 10.1 Å². The van der Waals surface area contributed by atoms with Crippen molar-refractivity contribution in [3.63, 3.8) is 0 Å². The molecule has 0 aliphatic heterocycles. The Balaban J connectivity index is 2.98. The van der Waals surface area contributed by atoms with E-state index < -0.39 is 5.76 Å². The Bertz CT molecular complexity index is 396. The van der Waals surface area contributed by atoms with Crippen LogP contribution in [0.4, 0.5) is 0 Å². The third-order valence-electron chi connectivity index (χ3n) is 1.44. The smallest absolute Gasteiger partial charge is 0.296 e. The van der Waals surface area contributed by atoms with Crippen molar-refractivity contribution in [2.75, 3.05) is 0 Å². The third-order valence-corrected chi connectivity index (χ3v) is 1.44. The van der Waals surface area contributed by atoms with Crippen molar-refractivity contribution in [1.82, 2.24) is 10.1 Å². The molecule has 0 aliphatic carbocycles. The lowest BCUT2D eigenvalue weighted by molar-refractivity contribution is 0.385. The fourth-order valence-electron chi connectivity index (χ4n) is 0.838. The van der Waals surface area contributed by atoms with Gasteiger partial charge < -0.3 is 0 Å². The molecule has 1 N–H and O–H groups in total. The molecule has 68 valence electrons. The molecule has 1 rings (SSSR count). The van der Waals surface area contributed by atoms with Gasteiger partial charge in [0.05, 0.1) is 0 Å². The Labute approximate surface area is 75.3 Å². The summed E-state index contributed by atoms with van der Waals surface area (Å²) in [6, 6.07) is 0. The number of aromatic amines is 1. The Morgan fingerprint density at radius 3 is 2.92 bits per heavy atom. The standard InChI is InChI=1S/C9H10N2O2/c1-3-5-6-7(4-2)8-10-9(12)13-11-8/h3-6H,1H2,2H3,(H,10,11,12)/b6-5-,7-4+. The molecule has 0 atom stereocenters. The van der Waals surface area contributed by atoms with Gasteiger partial charge in [0.1, 0.15) is 0 Å². The molecule has 1 aromatic heterocycles. The van der Waals surface area contributed by atoms with Gasteiger partial charge in [0.15, 0.2) is 5.82 Å². The molecule has 0 aromatic carbocycles. The van der Waals surface area contributed by atoms with Crippen LogP contribution < -0.4 is 5.76 Å². The van der Waals surface area contributed by atoms with Crippen LogP contribution in [-0.2, 0) is 0 Å². The molecule has 0 amide bonds. The molecule has 0 fully saturated rings. The maximum atomic E-state index is 10.6. The predicted octanol–water partition coefficient (Wildman–Crippen LogP) is 1.51. The highest BCUT2D eigenvalue weighted by molar-refractivity contribution is 5.68. The molecule has 0 saturated carbocycles. The first-order chi connectivity index (χ1) is 6.27. The summed E-state index contributed by atoms with van der Waals surface area (Å²) in [6.07, 6.45) is 6.98. The van der Waals surface area contributed by atoms with Crippen molar-refractivity contribution in [2.24, 2.45) is 0 Å². The molecule has 0 aliphatic rings. The van der Waals surface area contributed by atoms with Crippen molar-refractivity contribution in [2.45, 2.75) is 6.92 Å². The predicted molar refractivity (Wildman–Crippen MR) is 50.1 cm³/mol. The summed E-state index contributed by atoms with van der Waals surface area (Å²) in [5.74, 6) is -0.132. The average Bonchev–Trinajstić information content (AvgIpc) is 2.54. The average molecular weight is 178 g/mol. The number of nitrogens with one attached hydrogen (secondary N) is 1. The maximum absolute atomic E-state index is 10.6. The Kier molecular flexibility index (Phi) is 3.03. The second-order valence-corrected chi connectivity index (χ2v) is 2.28. The summed E-state index contributed by atoms with van der Waals surface area (Å²) < 4.78 is 4.37. The second kappa shape index (κ2) is 4.25. The molecule has 1 aromatic rings. The topological polar surface area (TPSA) is 58.9 Å². The summed E-state index contributed by atoms with van der Waals surface area (Å²) >= 11 is 0. The van der Waals surface area contributed by atoms with Gasteiger partial charge >= 0.3 is 5.76 Å². The summed E-state index contributed by atoms with van der Waals surface area (Å²) in [5.41, 5.74) is 0.783. The fraction of sp³-hybridized carbons (Fsp3) is 0.111. The van der Waals surface area contributed by atoms with E-state index in [4.69, 9.17) is 0 Å². The zero-order valence-corrected chi connectivity index (χ0v) is 7.28. The van der Waals surface area contributed by atoms with Crippen LogP contribution in [0.1, 0.15) is 12.7 Å². The third kappa shape index (κ3) is 2.30. The molecule has 0 bridgehead atoms. The van der Waals surface area contributed by atoms with Crippen molar-refractivity contribution in [3.05, 3.63) is 47.3 Å². The number of H-pyrrole nitrogens is 1. The highest BCUT2D eigenvalue weighted by Gasteiger charge is 2.02. The number of aromatic nitrogens is 2. The normalized spacial score (nSPS) is 12.2. The molecule has 0 radical (unpaired) electrons. The van der Waals surface area contributed by atoms with Crippen molar-refractivity contribution >= 4 is 5.57 Å². The minimum Gasteiger partial charge on any atom is -0.296 e. The summed E-state index contributed by atoms with van der Waals surface area (Å²) in [7, 11) is 0. The highest BCUT2D eigenvalue weighted by atomic mass is 16.5. The molecule has 4 nitrogen and oxygen atoms in total. The first-order valence-electron chi connectivity index (χ1n) is 3.79. The van der Waals surface area contributed by atoms with Crippen LogP contribution in [0.3, 0.4) is 0 Å². The largest absolute Gasteiger partial charge is 0.439 e.